The number of nitriles is 1. The molecule has 0 saturated heterocycles. The first-order chi connectivity index (χ1) is 9.32. The van der Waals surface area contributed by atoms with Crippen LogP contribution in [0.25, 0.3) is 11.1 Å². The summed E-state index contributed by atoms with van der Waals surface area (Å²) in [5.74, 6) is 0.373. The Morgan fingerprint density at radius 2 is 1.95 bits per heavy atom. The van der Waals surface area contributed by atoms with Gasteiger partial charge in [0, 0.05) is 16.7 Å². The molecule has 2 aromatic rings. The van der Waals surface area contributed by atoms with Crippen LogP contribution in [0.4, 0.5) is 5.82 Å². The van der Waals surface area contributed by atoms with Crippen LogP contribution in [0.1, 0.15) is 32.0 Å². The fourth-order valence-corrected chi connectivity index (χ4v) is 1.97. The molecule has 0 aliphatic carbocycles. The number of phenolic OH excluding ortho intramolecular Hbond substituents is 1. The Bertz CT molecular complexity index is 694. The topological polar surface area (TPSA) is 82.9 Å². The molecule has 1 aromatic carbocycles. The lowest BCUT2D eigenvalue weighted by Crippen LogP contribution is -2.15. The highest BCUT2D eigenvalue weighted by molar-refractivity contribution is 5.76. The Hall–Kier alpha value is -2.54. The smallest absolute Gasteiger partial charge is 0.142 e. The molecule has 0 spiro atoms. The van der Waals surface area contributed by atoms with Gasteiger partial charge in [0.1, 0.15) is 23.2 Å². The number of anilines is 1. The van der Waals surface area contributed by atoms with Gasteiger partial charge in [-0.3, -0.25) is 0 Å². The normalized spacial score (nSPS) is 11.1. The van der Waals surface area contributed by atoms with Crippen molar-refractivity contribution in [2.45, 2.75) is 26.2 Å². The van der Waals surface area contributed by atoms with Crippen molar-refractivity contribution in [1.29, 1.82) is 5.26 Å². The lowest BCUT2D eigenvalue weighted by molar-refractivity contribution is 0.475. The molecule has 0 radical (unpaired) electrons. The highest BCUT2D eigenvalue weighted by Gasteiger charge is 2.20. The molecule has 4 nitrogen and oxygen atoms in total. The summed E-state index contributed by atoms with van der Waals surface area (Å²) in [4.78, 5) is 4.32. The van der Waals surface area contributed by atoms with Crippen LogP contribution in [0.15, 0.2) is 30.3 Å². The summed E-state index contributed by atoms with van der Waals surface area (Å²) in [5, 5.41) is 18.9. The number of nitrogen functional groups attached to an aromatic ring is 1. The third-order valence-electron chi connectivity index (χ3n) is 3.08. The summed E-state index contributed by atoms with van der Waals surface area (Å²) in [6.45, 7) is 6.10. The van der Waals surface area contributed by atoms with Crippen LogP contribution in [0.5, 0.6) is 5.75 Å². The van der Waals surface area contributed by atoms with Crippen molar-refractivity contribution in [3.63, 3.8) is 0 Å². The van der Waals surface area contributed by atoms with Crippen LogP contribution in [0.3, 0.4) is 0 Å². The lowest BCUT2D eigenvalue weighted by atomic mass is 9.88. The van der Waals surface area contributed by atoms with E-state index in [4.69, 9.17) is 5.73 Å². The van der Waals surface area contributed by atoms with E-state index in [1.165, 1.54) is 0 Å². The molecule has 0 saturated carbocycles. The second-order valence-corrected chi connectivity index (χ2v) is 5.73. The molecule has 4 heteroatoms. The molecule has 0 unspecified atom stereocenters. The molecule has 20 heavy (non-hydrogen) atoms. The van der Waals surface area contributed by atoms with E-state index >= 15 is 0 Å². The summed E-state index contributed by atoms with van der Waals surface area (Å²) < 4.78 is 0. The van der Waals surface area contributed by atoms with Gasteiger partial charge in [-0.1, -0.05) is 32.9 Å². The van der Waals surface area contributed by atoms with E-state index in [0.29, 0.717) is 11.1 Å². The van der Waals surface area contributed by atoms with Crippen molar-refractivity contribution >= 4 is 5.82 Å². The van der Waals surface area contributed by atoms with Crippen LogP contribution in [0.2, 0.25) is 0 Å². The number of nitrogens with two attached hydrogens (primary N) is 1. The van der Waals surface area contributed by atoms with Crippen LogP contribution in [-0.4, -0.2) is 10.1 Å². The number of aromatic hydroxyl groups is 1. The minimum absolute atomic E-state index is 0.152. The molecule has 0 aliphatic rings. The number of phenols is 1. The average Bonchev–Trinajstić information content (AvgIpc) is 2.36. The summed E-state index contributed by atoms with van der Waals surface area (Å²) >= 11 is 0. The zero-order chi connectivity index (χ0) is 14.9. The van der Waals surface area contributed by atoms with Crippen LogP contribution in [0, 0.1) is 11.3 Å². The molecule has 1 heterocycles. The molecular weight excluding hydrogens is 250 g/mol. The zero-order valence-corrected chi connectivity index (χ0v) is 11.8. The molecular formula is C16H17N3O. The van der Waals surface area contributed by atoms with Crippen molar-refractivity contribution in [3.05, 3.63) is 41.6 Å². The maximum Gasteiger partial charge on any atom is 0.142 e. The van der Waals surface area contributed by atoms with E-state index in [2.05, 4.69) is 11.1 Å². The Labute approximate surface area is 118 Å². The van der Waals surface area contributed by atoms with Gasteiger partial charge in [0.25, 0.3) is 0 Å². The van der Waals surface area contributed by atoms with E-state index in [9.17, 15) is 10.4 Å². The number of aromatic nitrogens is 1. The van der Waals surface area contributed by atoms with Gasteiger partial charge in [-0.05, 0) is 23.8 Å². The predicted molar refractivity (Wildman–Crippen MR) is 79.2 cm³/mol. The predicted octanol–water partition coefficient (Wildman–Crippen LogP) is 3.21. The van der Waals surface area contributed by atoms with E-state index in [1.54, 1.807) is 18.2 Å². The van der Waals surface area contributed by atoms with Crippen molar-refractivity contribution < 1.29 is 5.11 Å². The Kier molecular flexibility index (Phi) is 3.37. The van der Waals surface area contributed by atoms with Gasteiger partial charge >= 0.3 is 0 Å². The fourth-order valence-electron chi connectivity index (χ4n) is 1.97. The van der Waals surface area contributed by atoms with Gasteiger partial charge in [0.2, 0.25) is 0 Å². The first-order valence-electron chi connectivity index (χ1n) is 6.33. The van der Waals surface area contributed by atoms with Gasteiger partial charge < -0.3 is 10.8 Å². The molecule has 1 aromatic heterocycles. The van der Waals surface area contributed by atoms with E-state index in [1.807, 2.05) is 32.9 Å². The summed E-state index contributed by atoms with van der Waals surface area (Å²) in [6.07, 6.45) is 0. The Morgan fingerprint density at radius 1 is 1.25 bits per heavy atom. The Morgan fingerprint density at radius 3 is 2.50 bits per heavy atom. The monoisotopic (exact) mass is 267 g/mol. The van der Waals surface area contributed by atoms with Gasteiger partial charge in [0.15, 0.2) is 0 Å². The van der Waals surface area contributed by atoms with E-state index in [-0.39, 0.29) is 17.0 Å². The molecule has 2 rings (SSSR count). The van der Waals surface area contributed by atoms with Crippen molar-refractivity contribution in [1.82, 2.24) is 4.98 Å². The lowest BCUT2D eigenvalue weighted by Gasteiger charge is -2.20. The van der Waals surface area contributed by atoms with Crippen molar-refractivity contribution in [2.75, 3.05) is 5.73 Å². The quantitative estimate of drug-likeness (QED) is 0.831. The first kappa shape index (κ1) is 13.9. The summed E-state index contributed by atoms with van der Waals surface area (Å²) in [5.41, 5.74) is 8.33. The maximum absolute atomic E-state index is 9.61. The number of hydrogen-bond acceptors (Lipinski definition) is 4. The van der Waals surface area contributed by atoms with Crippen LogP contribution < -0.4 is 5.73 Å². The highest BCUT2D eigenvalue weighted by Crippen LogP contribution is 2.32. The number of pyridine rings is 1. The third-order valence-corrected chi connectivity index (χ3v) is 3.08. The number of hydrogen-bond donors (Lipinski definition) is 2. The minimum atomic E-state index is -0.173. The molecule has 102 valence electrons. The standard InChI is InChI=1S/C16H17N3O/c1-16(2,3)14-8-12(13(9-17)15(18)19-14)10-5-4-6-11(20)7-10/h4-8,20H,1-3H3,(H2,18,19). The van der Waals surface area contributed by atoms with E-state index < -0.39 is 0 Å². The summed E-state index contributed by atoms with van der Waals surface area (Å²) in [7, 11) is 0. The average molecular weight is 267 g/mol. The van der Waals surface area contributed by atoms with Crippen LogP contribution in [-0.2, 0) is 5.41 Å². The fraction of sp³-hybridized carbons (Fsp3) is 0.250. The summed E-state index contributed by atoms with van der Waals surface area (Å²) in [6, 6.07) is 10.7. The van der Waals surface area contributed by atoms with Gasteiger partial charge in [-0.2, -0.15) is 5.26 Å². The van der Waals surface area contributed by atoms with Crippen LogP contribution >= 0.6 is 0 Å². The molecule has 0 amide bonds. The van der Waals surface area contributed by atoms with E-state index in [0.717, 1.165) is 11.3 Å². The Balaban J connectivity index is 2.74. The molecule has 0 atom stereocenters. The van der Waals surface area contributed by atoms with Crippen molar-refractivity contribution in [3.8, 4) is 22.9 Å². The zero-order valence-electron chi connectivity index (χ0n) is 11.8. The molecule has 3 N–H and O–H groups in total. The third kappa shape index (κ3) is 2.57. The molecule has 0 bridgehead atoms. The van der Waals surface area contributed by atoms with Gasteiger partial charge in [-0.15, -0.1) is 0 Å². The van der Waals surface area contributed by atoms with Gasteiger partial charge in [-0.25, -0.2) is 4.98 Å². The second kappa shape index (κ2) is 4.86. The first-order valence-corrected chi connectivity index (χ1v) is 6.33. The van der Waals surface area contributed by atoms with Crippen molar-refractivity contribution in [2.24, 2.45) is 0 Å². The second-order valence-electron chi connectivity index (χ2n) is 5.73. The SMILES string of the molecule is CC(C)(C)c1cc(-c2cccc(O)c2)c(C#N)c(N)n1. The molecule has 0 aliphatic heterocycles. The number of rotatable bonds is 1. The maximum atomic E-state index is 9.61. The minimum Gasteiger partial charge on any atom is -0.508 e. The number of nitrogens with zero attached hydrogens (tertiary/aromatic N) is 2. The largest absolute Gasteiger partial charge is 0.508 e. The number of benzene rings is 1. The highest BCUT2D eigenvalue weighted by atomic mass is 16.3. The van der Waals surface area contributed by atoms with Gasteiger partial charge in [0.05, 0.1) is 0 Å². The molecule has 0 fully saturated rings.